The number of nitrogens with two attached hydrogens (primary N) is 1. The van der Waals surface area contributed by atoms with Crippen molar-refractivity contribution in [3.8, 4) is 11.6 Å². The highest BCUT2D eigenvalue weighted by Gasteiger charge is 2.39. The van der Waals surface area contributed by atoms with Gasteiger partial charge in [0.05, 0.1) is 26.1 Å². The smallest absolute Gasteiger partial charge is 0.461 e. The van der Waals surface area contributed by atoms with Crippen molar-refractivity contribution in [3.05, 3.63) is 47.2 Å². The van der Waals surface area contributed by atoms with Crippen molar-refractivity contribution in [2.45, 2.75) is 25.4 Å². The third-order valence-corrected chi connectivity index (χ3v) is 8.46. The number of methoxy groups -OCH3 is 1. The van der Waals surface area contributed by atoms with E-state index in [-0.39, 0.29) is 24.5 Å². The average molecular weight is 581 g/mol. The standard InChI is InChI=1S/C22H26BrN6O6P/c1-13(21(30)31)28(2)36(32,35-17-8-5-15(23)6-9-17)34-11-14-4-7-16(10-14)29-12-25-18-19(29)26-22(24)27-20(18)33-3/h4-9,12-14,16H,10-11H2,1-3H3,(H,30,31)(H2,24,26,27)/t13?,14-,16+,36?/m1/s1. The Morgan fingerprint density at radius 1 is 1.33 bits per heavy atom. The summed E-state index contributed by atoms with van der Waals surface area (Å²) in [5.74, 6) is -0.611. The summed E-state index contributed by atoms with van der Waals surface area (Å²) in [6, 6.07) is 5.49. The van der Waals surface area contributed by atoms with Crippen molar-refractivity contribution in [2.24, 2.45) is 5.92 Å². The first-order valence-electron chi connectivity index (χ1n) is 11.0. The van der Waals surface area contributed by atoms with Crippen LogP contribution in [0.25, 0.3) is 11.2 Å². The molecule has 0 aliphatic heterocycles. The second kappa shape index (κ2) is 10.6. The number of carbonyl (C=O) groups is 1. The lowest BCUT2D eigenvalue weighted by Crippen LogP contribution is -2.35. The van der Waals surface area contributed by atoms with Crippen LogP contribution in [0.15, 0.2) is 47.2 Å². The molecule has 0 saturated heterocycles. The van der Waals surface area contributed by atoms with Crippen molar-refractivity contribution < 1.29 is 28.3 Å². The summed E-state index contributed by atoms with van der Waals surface area (Å²) in [6.07, 6.45) is 6.17. The topological polar surface area (TPSA) is 155 Å². The quantitative estimate of drug-likeness (QED) is 0.265. The van der Waals surface area contributed by atoms with Crippen LogP contribution in [0.4, 0.5) is 5.95 Å². The van der Waals surface area contributed by atoms with Crippen LogP contribution in [0.3, 0.4) is 0 Å². The second-order valence-electron chi connectivity index (χ2n) is 8.26. The normalized spacial score (nSPS) is 19.9. The lowest BCUT2D eigenvalue weighted by molar-refractivity contribution is -0.140. The molecule has 1 aliphatic rings. The van der Waals surface area contributed by atoms with E-state index in [9.17, 15) is 14.5 Å². The van der Waals surface area contributed by atoms with E-state index < -0.39 is 19.8 Å². The molecule has 2 unspecified atom stereocenters. The summed E-state index contributed by atoms with van der Waals surface area (Å²) in [5, 5.41) is 9.45. The lowest BCUT2D eigenvalue weighted by Gasteiger charge is -2.30. The van der Waals surface area contributed by atoms with Crippen molar-refractivity contribution in [3.63, 3.8) is 0 Å². The van der Waals surface area contributed by atoms with Crippen LogP contribution in [0.1, 0.15) is 19.4 Å². The van der Waals surface area contributed by atoms with Gasteiger partial charge in [-0.3, -0.25) is 9.32 Å². The summed E-state index contributed by atoms with van der Waals surface area (Å²) in [5.41, 5.74) is 6.85. The highest BCUT2D eigenvalue weighted by molar-refractivity contribution is 9.10. The van der Waals surface area contributed by atoms with Crippen molar-refractivity contribution in [2.75, 3.05) is 26.5 Å². The zero-order chi connectivity index (χ0) is 26.0. The molecule has 3 N–H and O–H groups in total. The van der Waals surface area contributed by atoms with E-state index in [1.807, 2.05) is 16.7 Å². The SMILES string of the molecule is COc1nc(N)nc2c1ncn2[C@H]1C=C[C@@H](COP(=O)(Oc2ccc(Br)cc2)N(C)C(C)C(=O)O)C1. The number of nitrogens with zero attached hydrogens (tertiary/aromatic N) is 5. The number of anilines is 1. The van der Waals surface area contributed by atoms with Gasteiger partial charge < -0.3 is 24.7 Å². The van der Waals surface area contributed by atoms with Crippen LogP contribution in [0.5, 0.6) is 11.6 Å². The van der Waals surface area contributed by atoms with E-state index in [2.05, 4.69) is 30.9 Å². The predicted octanol–water partition coefficient (Wildman–Crippen LogP) is 3.91. The number of hydrogen-bond donors (Lipinski definition) is 2. The molecule has 0 radical (unpaired) electrons. The molecule has 2 heterocycles. The number of halogens is 1. The summed E-state index contributed by atoms with van der Waals surface area (Å²) in [6.45, 7) is 1.46. The minimum Gasteiger partial charge on any atom is -0.480 e. The Balaban J connectivity index is 1.50. The van der Waals surface area contributed by atoms with Crippen LogP contribution < -0.4 is 15.0 Å². The summed E-state index contributed by atoms with van der Waals surface area (Å²) >= 11 is 3.34. The van der Waals surface area contributed by atoms with Crippen LogP contribution in [0.2, 0.25) is 0 Å². The van der Waals surface area contributed by atoms with E-state index in [1.54, 1.807) is 30.6 Å². The van der Waals surface area contributed by atoms with Gasteiger partial charge in [0.25, 0.3) is 0 Å². The number of aromatic nitrogens is 4. The molecule has 0 spiro atoms. The molecule has 0 amide bonds. The fraction of sp³-hybridized carbons (Fsp3) is 0.364. The number of benzene rings is 1. The van der Waals surface area contributed by atoms with Crippen LogP contribution in [-0.2, 0) is 13.9 Å². The number of imidazole rings is 1. The van der Waals surface area contributed by atoms with Crippen molar-refractivity contribution >= 4 is 46.8 Å². The number of rotatable bonds is 10. The first kappa shape index (κ1) is 26.1. The van der Waals surface area contributed by atoms with Crippen LogP contribution in [-0.4, -0.2) is 62.1 Å². The van der Waals surface area contributed by atoms with Gasteiger partial charge in [-0.15, -0.1) is 0 Å². The average Bonchev–Trinajstić information content (AvgIpc) is 3.49. The van der Waals surface area contributed by atoms with Gasteiger partial charge in [-0.2, -0.15) is 14.6 Å². The zero-order valence-corrected chi connectivity index (χ0v) is 22.3. The number of aliphatic carboxylic acids is 1. The van der Waals surface area contributed by atoms with Crippen molar-refractivity contribution in [1.82, 2.24) is 24.2 Å². The van der Waals surface area contributed by atoms with E-state index in [4.69, 9.17) is 19.5 Å². The molecular weight excluding hydrogens is 555 g/mol. The van der Waals surface area contributed by atoms with E-state index >= 15 is 0 Å². The van der Waals surface area contributed by atoms with Gasteiger partial charge in [-0.05, 0) is 44.7 Å². The minimum atomic E-state index is -4.02. The number of hydrogen-bond acceptors (Lipinski definition) is 9. The van der Waals surface area contributed by atoms with Gasteiger partial charge >= 0.3 is 13.7 Å². The lowest BCUT2D eigenvalue weighted by atomic mass is 10.1. The third kappa shape index (κ3) is 5.39. The predicted molar refractivity (Wildman–Crippen MR) is 136 cm³/mol. The number of fused-ring (bicyclic) bond motifs is 1. The molecule has 1 aromatic carbocycles. The number of carboxylic acid groups (broad SMARTS) is 1. The van der Waals surface area contributed by atoms with E-state index in [1.165, 1.54) is 21.1 Å². The Kier molecular flexibility index (Phi) is 7.65. The number of carboxylic acids is 1. The molecule has 3 aromatic rings. The third-order valence-electron chi connectivity index (χ3n) is 5.90. The number of allylic oxidation sites excluding steroid dienone is 1. The Morgan fingerprint density at radius 3 is 2.72 bits per heavy atom. The molecule has 192 valence electrons. The fourth-order valence-electron chi connectivity index (χ4n) is 3.75. The van der Waals surface area contributed by atoms with E-state index in [0.717, 1.165) is 9.14 Å². The van der Waals surface area contributed by atoms with Gasteiger partial charge in [-0.1, -0.05) is 28.1 Å². The molecule has 0 bridgehead atoms. The zero-order valence-electron chi connectivity index (χ0n) is 19.8. The molecule has 0 saturated carbocycles. The molecule has 4 atom stereocenters. The highest BCUT2D eigenvalue weighted by atomic mass is 79.9. The Hall–Kier alpha value is -2.99. The Morgan fingerprint density at radius 2 is 2.06 bits per heavy atom. The Bertz CT molecular complexity index is 1330. The van der Waals surface area contributed by atoms with Gasteiger partial charge in [0.1, 0.15) is 11.8 Å². The molecular formula is C22H26BrN6O6P. The Labute approximate surface area is 215 Å². The number of ether oxygens (including phenoxy) is 1. The first-order chi connectivity index (χ1) is 17.1. The van der Waals surface area contributed by atoms with Crippen molar-refractivity contribution in [1.29, 1.82) is 0 Å². The largest absolute Gasteiger partial charge is 0.480 e. The summed E-state index contributed by atoms with van der Waals surface area (Å²) < 4.78 is 34.4. The second-order valence-corrected chi connectivity index (χ2v) is 11.2. The molecule has 1 aliphatic carbocycles. The van der Waals surface area contributed by atoms with Crippen LogP contribution >= 0.6 is 23.7 Å². The maximum Gasteiger partial charge on any atom is 0.461 e. The first-order valence-corrected chi connectivity index (χ1v) is 13.3. The molecule has 14 heteroatoms. The fourth-order valence-corrected chi connectivity index (χ4v) is 5.67. The minimum absolute atomic E-state index is 0.0462. The molecule has 36 heavy (non-hydrogen) atoms. The summed E-state index contributed by atoms with van der Waals surface area (Å²) in [4.78, 5) is 24.3. The maximum absolute atomic E-state index is 13.8. The molecule has 0 fully saturated rings. The number of likely N-dealkylation sites (N-methyl/N-ethyl adjacent to an activating group) is 1. The summed E-state index contributed by atoms with van der Waals surface area (Å²) in [7, 11) is -1.13. The molecule has 12 nitrogen and oxygen atoms in total. The maximum atomic E-state index is 13.8. The van der Waals surface area contributed by atoms with Gasteiger partial charge in [-0.25, -0.2) is 9.55 Å². The molecule has 4 rings (SSSR count). The van der Waals surface area contributed by atoms with E-state index in [0.29, 0.717) is 29.2 Å². The van der Waals surface area contributed by atoms with Gasteiger partial charge in [0.15, 0.2) is 11.2 Å². The monoisotopic (exact) mass is 580 g/mol. The van der Waals surface area contributed by atoms with Gasteiger partial charge in [0.2, 0.25) is 11.8 Å². The number of nitrogen functional groups attached to an aromatic ring is 1. The van der Waals surface area contributed by atoms with Gasteiger partial charge in [0, 0.05) is 10.4 Å². The van der Waals surface area contributed by atoms with Crippen LogP contribution in [0, 0.1) is 5.92 Å². The molecule has 2 aromatic heterocycles. The highest BCUT2D eigenvalue weighted by Crippen LogP contribution is 2.53.